The molecule has 1 unspecified atom stereocenters. The van der Waals surface area contributed by atoms with Gasteiger partial charge in [-0.3, -0.25) is 0 Å². The molecule has 0 saturated heterocycles. The van der Waals surface area contributed by atoms with Gasteiger partial charge in [0, 0.05) is 6.08 Å². The van der Waals surface area contributed by atoms with Gasteiger partial charge in [-0.05, 0) is 12.5 Å². The highest BCUT2D eigenvalue weighted by molar-refractivity contribution is 7.04. The molecule has 0 fully saturated rings. The van der Waals surface area contributed by atoms with Crippen LogP contribution in [0.5, 0.6) is 0 Å². The number of ether oxygens (including phenoxy) is 1. The first-order valence-corrected chi connectivity index (χ1v) is 7.51. The van der Waals surface area contributed by atoms with Gasteiger partial charge in [0.15, 0.2) is 8.07 Å². The van der Waals surface area contributed by atoms with Crippen LogP contribution in [-0.4, -0.2) is 31.7 Å². The zero-order chi connectivity index (χ0) is 11.7. The Hall–Kier alpha value is -1.36. The number of hydrogen-bond donors (Lipinski definition) is 1. The Morgan fingerprint density at radius 3 is 2.73 bits per heavy atom. The molecule has 84 valence electrons. The van der Waals surface area contributed by atoms with Gasteiger partial charge in [-0.2, -0.15) is 0 Å². The molecular weight excluding hydrogens is 212 g/mol. The fourth-order valence-electron chi connectivity index (χ4n) is 1.04. The summed E-state index contributed by atoms with van der Waals surface area (Å²) in [5, 5.41) is 8.61. The number of carbonyl (C=O) groups excluding carboxylic acids is 2. The van der Waals surface area contributed by atoms with Gasteiger partial charge in [0.1, 0.15) is 5.91 Å². The summed E-state index contributed by atoms with van der Waals surface area (Å²) in [6, 6.07) is 0.651. The van der Waals surface area contributed by atoms with E-state index in [0.29, 0.717) is 12.5 Å². The van der Waals surface area contributed by atoms with Gasteiger partial charge in [0.25, 0.3) is 0 Å². The van der Waals surface area contributed by atoms with Gasteiger partial charge in [-0.1, -0.05) is 18.8 Å². The molecule has 0 saturated carbocycles. The van der Waals surface area contributed by atoms with Crippen molar-refractivity contribution >= 4 is 20.0 Å². The number of aliphatic hydroxyl groups excluding tert-OH is 1. The lowest BCUT2D eigenvalue weighted by Gasteiger charge is -2.14. The topological polar surface area (TPSA) is 63.6 Å². The molecule has 0 spiro atoms. The van der Waals surface area contributed by atoms with Crippen molar-refractivity contribution in [1.82, 2.24) is 0 Å². The summed E-state index contributed by atoms with van der Waals surface area (Å²) in [5.41, 5.74) is 1.55. The molecular formula is C10H16O4Si. The number of carbonyl (C=O) groups is 2. The van der Waals surface area contributed by atoms with E-state index >= 15 is 0 Å². The van der Waals surface area contributed by atoms with Crippen molar-refractivity contribution in [1.29, 1.82) is 0 Å². The Morgan fingerprint density at radius 1 is 1.60 bits per heavy atom. The molecule has 1 atom stereocenters. The van der Waals surface area contributed by atoms with E-state index in [1.807, 2.05) is 6.55 Å². The van der Waals surface area contributed by atoms with Crippen LogP contribution in [-0.2, 0) is 14.3 Å². The first-order valence-electron chi connectivity index (χ1n) is 4.65. The highest BCUT2D eigenvalue weighted by atomic mass is 28.3. The maximum atomic E-state index is 10.8. The van der Waals surface area contributed by atoms with Crippen LogP contribution in [0.3, 0.4) is 0 Å². The minimum atomic E-state index is -2.13. The minimum Gasteiger partial charge on any atom is -0.516 e. The third-order valence-corrected chi connectivity index (χ3v) is 4.88. The van der Waals surface area contributed by atoms with Gasteiger partial charge in [0.2, 0.25) is 0 Å². The molecule has 0 aliphatic carbocycles. The zero-order valence-corrected chi connectivity index (χ0v) is 9.81. The second-order valence-corrected chi connectivity index (χ2v) is 7.50. The average molecular weight is 228 g/mol. The Morgan fingerprint density at radius 2 is 2.27 bits per heavy atom. The standard InChI is InChI=1S/C10H16O4Si/c1-3-10(13)14-6-4-7-15(2,9-12)8-5-11/h3,5,8-9,11H,1,4,6-7H2,2H3/b8-5+. The smallest absolute Gasteiger partial charge is 0.330 e. The SMILES string of the molecule is C=CC(=O)OCCC[Si](C)(C=O)/C=C/O. The number of hydrogen-bond acceptors (Lipinski definition) is 4. The van der Waals surface area contributed by atoms with Gasteiger partial charge in [-0.15, -0.1) is 0 Å². The summed E-state index contributed by atoms with van der Waals surface area (Å²) in [5.74, 6) is 0.442. The first-order chi connectivity index (χ1) is 7.08. The molecule has 15 heavy (non-hydrogen) atoms. The molecule has 0 aromatic heterocycles. The summed E-state index contributed by atoms with van der Waals surface area (Å²) in [6.07, 6.45) is 2.63. The summed E-state index contributed by atoms with van der Waals surface area (Å²) in [6.45, 7) is 5.38. The van der Waals surface area contributed by atoms with Crippen LogP contribution >= 0.6 is 0 Å². The van der Waals surface area contributed by atoms with Crippen LogP contribution in [0, 0.1) is 0 Å². The average Bonchev–Trinajstić information content (AvgIpc) is 2.24. The van der Waals surface area contributed by atoms with E-state index in [1.165, 1.54) is 0 Å². The molecule has 4 nitrogen and oxygen atoms in total. The highest BCUT2D eigenvalue weighted by Gasteiger charge is 2.23. The minimum absolute atomic E-state index is 0.278. The molecule has 0 amide bonds. The summed E-state index contributed by atoms with van der Waals surface area (Å²) >= 11 is 0. The Labute approximate surface area is 90.3 Å². The molecule has 0 heterocycles. The van der Waals surface area contributed by atoms with E-state index in [2.05, 4.69) is 6.58 Å². The quantitative estimate of drug-likeness (QED) is 0.179. The van der Waals surface area contributed by atoms with Crippen molar-refractivity contribution in [2.45, 2.75) is 19.0 Å². The first kappa shape index (κ1) is 13.6. The monoisotopic (exact) mass is 228 g/mol. The van der Waals surface area contributed by atoms with Gasteiger partial charge < -0.3 is 14.6 Å². The van der Waals surface area contributed by atoms with Gasteiger partial charge in [-0.25, -0.2) is 4.79 Å². The van der Waals surface area contributed by atoms with Gasteiger partial charge in [0.05, 0.1) is 12.9 Å². The second kappa shape index (κ2) is 7.00. The van der Waals surface area contributed by atoms with Crippen LogP contribution < -0.4 is 0 Å². The third kappa shape index (κ3) is 5.85. The van der Waals surface area contributed by atoms with E-state index in [1.54, 1.807) is 5.70 Å². The van der Waals surface area contributed by atoms with Crippen LogP contribution in [0.1, 0.15) is 6.42 Å². The van der Waals surface area contributed by atoms with E-state index in [9.17, 15) is 9.59 Å². The van der Waals surface area contributed by atoms with Crippen LogP contribution in [0.25, 0.3) is 0 Å². The van der Waals surface area contributed by atoms with Crippen LogP contribution in [0.2, 0.25) is 12.6 Å². The lowest BCUT2D eigenvalue weighted by Crippen LogP contribution is -2.30. The second-order valence-electron chi connectivity index (χ2n) is 3.41. The fourth-order valence-corrected chi connectivity index (χ4v) is 2.65. The van der Waals surface area contributed by atoms with Crippen molar-refractivity contribution in [3.63, 3.8) is 0 Å². The molecule has 0 bridgehead atoms. The molecule has 0 aromatic carbocycles. The largest absolute Gasteiger partial charge is 0.516 e. The predicted octanol–water partition coefficient (Wildman–Crippen LogP) is 1.57. The van der Waals surface area contributed by atoms with E-state index in [0.717, 1.165) is 18.2 Å². The van der Waals surface area contributed by atoms with Crippen LogP contribution in [0.15, 0.2) is 24.6 Å². The fraction of sp³-hybridized carbons (Fsp3) is 0.400. The van der Waals surface area contributed by atoms with Crippen molar-refractivity contribution in [2.24, 2.45) is 0 Å². The Bertz CT molecular complexity index is 262. The van der Waals surface area contributed by atoms with Crippen LogP contribution in [0.4, 0.5) is 0 Å². The number of esters is 1. The number of rotatable bonds is 7. The molecule has 1 N–H and O–H groups in total. The predicted molar refractivity (Wildman–Crippen MR) is 60.7 cm³/mol. The highest BCUT2D eigenvalue weighted by Crippen LogP contribution is 2.11. The van der Waals surface area contributed by atoms with E-state index in [4.69, 9.17) is 9.84 Å². The summed E-state index contributed by atoms with van der Waals surface area (Å²) < 4.78 is 4.77. The Balaban J connectivity index is 3.87. The maximum absolute atomic E-state index is 10.8. The van der Waals surface area contributed by atoms with Crippen molar-refractivity contribution in [3.05, 3.63) is 24.6 Å². The Kier molecular flexibility index (Phi) is 6.36. The number of aliphatic hydroxyl groups is 1. The van der Waals surface area contributed by atoms with Crippen molar-refractivity contribution < 1.29 is 19.4 Å². The molecule has 0 radical (unpaired) electrons. The molecule has 0 rings (SSSR count). The lowest BCUT2D eigenvalue weighted by atomic mass is 10.5. The summed E-state index contributed by atoms with van der Waals surface area (Å²) in [4.78, 5) is 21.5. The zero-order valence-electron chi connectivity index (χ0n) is 8.81. The lowest BCUT2D eigenvalue weighted by molar-refractivity contribution is -0.137. The summed E-state index contributed by atoms with van der Waals surface area (Å²) in [7, 11) is -2.13. The van der Waals surface area contributed by atoms with Crippen molar-refractivity contribution in [3.8, 4) is 0 Å². The van der Waals surface area contributed by atoms with E-state index in [-0.39, 0.29) is 6.61 Å². The maximum Gasteiger partial charge on any atom is 0.330 e. The molecule has 5 heteroatoms. The third-order valence-electron chi connectivity index (χ3n) is 2.00. The van der Waals surface area contributed by atoms with Crippen molar-refractivity contribution in [2.75, 3.05) is 6.61 Å². The van der Waals surface area contributed by atoms with Gasteiger partial charge >= 0.3 is 5.97 Å². The van der Waals surface area contributed by atoms with E-state index < -0.39 is 14.0 Å². The normalized spacial score (nSPS) is 14.5. The molecule has 0 aliphatic heterocycles. The molecule has 0 aliphatic rings. The molecule has 0 aromatic rings.